The Morgan fingerprint density at radius 2 is 1.97 bits per heavy atom. The molecule has 3 rings (SSSR count). The molecule has 29 heavy (non-hydrogen) atoms. The van der Waals surface area contributed by atoms with E-state index < -0.39 is 17.7 Å². The lowest BCUT2D eigenvalue weighted by molar-refractivity contribution is -0.140. The molecule has 1 aromatic carbocycles. The minimum atomic E-state index is -0.715. The van der Waals surface area contributed by atoms with Crippen molar-refractivity contribution in [3.05, 3.63) is 57.4 Å². The fourth-order valence-electron chi connectivity index (χ4n) is 3.69. The Hall–Kier alpha value is -2.64. The molecule has 0 bridgehead atoms. The van der Waals surface area contributed by atoms with Gasteiger partial charge in [-0.25, -0.2) is 0 Å². The number of amides is 1. The lowest BCUT2D eigenvalue weighted by Crippen LogP contribution is -2.35. The van der Waals surface area contributed by atoms with Gasteiger partial charge in [-0.05, 0) is 45.6 Å². The average molecular weight is 417 g/mol. The van der Waals surface area contributed by atoms with E-state index in [1.165, 1.54) is 4.90 Å². The number of nitrogens with zero attached hydrogens (tertiary/aromatic N) is 4. The van der Waals surface area contributed by atoms with Gasteiger partial charge in [-0.1, -0.05) is 23.7 Å². The van der Waals surface area contributed by atoms with E-state index in [1.54, 1.807) is 42.9 Å². The summed E-state index contributed by atoms with van der Waals surface area (Å²) >= 11 is 6.18. The number of likely N-dealkylation sites (tertiary alicyclic amines) is 1. The van der Waals surface area contributed by atoms with E-state index in [9.17, 15) is 14.7 Å². The normalized spacial score (nSPS) is 18.9. The quantitative estimate of drug-likeness (QED) is 0.460. The summed E-state index contributed by atoms with van der Waals surface area (Å²) in [7, 11) is 5.56. The standard InChI is InChI=1S/C21H25ClN4O3/c1-12-16(13(2)25(5)23-12)19(27)17-18(14-7-6-8-15(22)11-14)26(10-9-24(3)4)21(29)20(17)28/h6-8,11,18,27H,9-10H2,1-5H3/t18-/m0/s1. The highest BCUT2D eigenvalue weighted by Gasteiger charge is 2.46. The van der Waals surface area contributed by atoms with E-state index >= 15 is 0 Å². The number of carbonyl (C=O) groups is 2. The van der Waals surface area contributed by atoms with E-state index in [1.807, 2.05) is 25.9 Å². The first-order chi connectivity index (χ1) is 13.6. The number of halogens is 1. The molecule has 1 aliphatic rings. The van der Waals surface area contributed by atoms with Gasteiger partial charge in [-0.3, -0.25) is 14.3 Å². The second-order valence-electron chi connectivity index (χ2n) is 7.52. The molecule has 1 aromatic heterocycles. The molecule has 0 aliphatic carbocycles. The molecule has 0 saturated carbocycles. The fourth-order valence-corrected chi connectivity index (χ4v) is 3.89. The second-order valence-corrected chi connectivity index (χ2v) is 7.96. The fraction of sp³-hybridized carbons (Fsp3) is 0.381. The lowest BCUT2D eigenvalue weighted by atomic mass is 9.94. The Bertz CT molecular complexity index is 1010. The van der Waals surface area contributed by atoms with E-state index in [2.05, 4.69) is 5.10 Å². The third kappa shape index (κ3) is 3.80. The molecule has 0 unspecified atom stereocenters. The number of benzene rings is 1. The molecule has 8 heteroatoms. The Labute approximate surface area is 175 Å². The van der Waals surface area contributed by atoms with Crippen molar-refractivity contribution < 1.29 is 14.7 Å². The summed E-state index contributed by atoms with van der Waals surface area (Å²) in [4.78, 5) is 29.3. The van der Waals surface area contributed by atoms with Gasteiger partial charge in [0.2, 0.25) is 0 Å². The Morgan fingerprint density at radius 1 is 1.28 bits per heavy atom. The third-order valence-corrected chi connectivity index (χ3v) is 5.47. The average Bonchev–Trinajstić information content (AvgIpc) is 3.05. The zero-order chi connectivity index (χ0) is 21.5. The predicted octanol–water partition coefficient (Wildman–Crippen LogP) is 2.67. The van der Waals surface area contributed by atoms with Crippen molar-refractivity contribution in [3.8, 4) is 0 Å². The number of aryl methyl sites for hydroxylation is 2. The molecule has 1 atom stereocenters. The number of ketones is 1. The Balaban J connectivity index is 2.22. The highest BCUT2D eigenvalue weighted by Crippen LogP contribution is 2.40. The summed E-state index contributed by atoms with van der Waals surface area (Å²) in [6, 6.07) is 6.31. The van der Waals surface area contributed by atoms with Gasteiger partial charge in [0.25, 0.3) is 11.7 Å². The minimum Gasteiger partial charge on any atom is -0.507 e. The number of carbonyl (C=O) groups excluding carboxylic acids is 2. The number of aliphatic hydroxyl groups excluding tert-OH is 1. The number of aliphatic hydroxyl groups is 1. The number of hydrogen-bond donors (Lipinski definition) is 1. The number of likely N-dealkylation sites (N-methyl/N-ethyl adjacent to an activating group) is 1. The number of Topliss-reactive ketones (excluding diaryl/α,β-unsaturated/α-hetero) is 1. The van der Waals surface area contributed by atoms with Crippen LogP contribution in [-0.4, -0.2) is 63.6 Å². The van der Waals surface area contributed by atoms with Gasteiger partial charge in [-0.15, -0.1) is 0 Å². The van der Waals surface area contributed by atoms with Crippen LogP contribution >= 0.6 is 11.6 Å². The maximum absolute atomic E-state index is 13.0. The van der Waals surface area contributed by atoms with E-state index in [0.29, 0.717) is 40.6 Å². The highest BCUT2D eigenvalue weighted by molar-refractivity contribution is 6.46. The number of hydrogen-bond acceptors (Lipinski definition) is 5. The minimum absolute atomic E-state index is 0.0650. The summed E-state index contributed by atoms with van der Waals surface area (Å²) in [6.07, 6.45) is 0. The first-order valence-electron chi connectivity index (χ1n) is 9.32. The van der Waals surface area contributed by atoms with Gasteiger partial charge in [0.05, 0.1) is 22.9 Å². The number of rotatable bonds is 5. The van der Waals surface area contributed by atoms with Gasteiger partial charge in [0, 0.05) is 30.9 Å². The SMILES string of the molecule is Cc1nn(C)c(C)c1C(O)=C1C(=O)C(=O)N(CCN(C)C)[C@H]1c1cccc(Cl)c1. The molecule has 1 saturated heterocycles. The number of aromatic nitrogens is 2. The summed E-state index contributed by atoms with van der Waals surface area (Å²) < 4.78 is 1.64. The predicted molar refractivity (Wildman–Crippen MR) is 112 cm³/mol. The van der Waals surface area contributed by atoms with Crippen LogP contribution in [0.3, 0.4) is 0 Å². The van der Waals surface area contributed by atoms with Gasteiger partial charge in [-0.2, -0.15) is 5.10 Å². The molecular weight excluding hydrogens is 392 g/mol. The van der Waals surface area contributed by atoms with E-state index in [0.717, 1.165) is 0 Å². The van der Waals surface area contributed by atoms with Crippen LogP contribution in [0.5, 0.6) is 0 Å². The van der Waals surface area contributed by atoms with Crippen LogP contribution in [0.4, 0.5) is 0 Å². The smallest absolute Gasteiger partial charge is 0.295 e. The molecule has 0 spiro atoms. The van der Waals surface area contributed by atoms with Gasteiger partial charge < -0.3 is 14.9 Å². The zero-order valence-corrected chi connectivity index (χ0v) is 18.0. The maximum Gasteiger partial charge on any atom is 0.295 e. The zero-order valence-electron chi connectivity index (χ0n) is 17.2. The molecule has 1 fully saturated rings. The molecule has 7 nitrogen and oxygen atoms in total. The highest BCUT2D eigenvalue weighted by atomic mass is 35.5. The van der Waals surface area contributed by atoms with E-state index in [-0.39, 0.29) is 11.3 Å². The van der Waals surface area contributed by atoms with Crippen LogP contribution in [0.2, 0.25) is 5.02 Å². The molecular formula is C21H25ClN4O3. The van der Waals surface area contributed by atoms with Crippen LogP contribution in [0, 0.1) is 13.8 Å². The maximum atomic E-state index is 13.0. The molecule has 2 heterocycles. The van der Waals surface area contributed by atoms with Crippen molar-refractivity contribution in [2.45, 2.75) is 19.9 Å². The van der Waals surface area contributed by atoms with E-state index in [4.69, 9.17) is 11.6 Å². The molecule has 0 radical (unpaired) electrons. The van der Waals surface area contributed by atoms with Crippen molar-refractivity contribution in [1.82, 2.24) is 19.6 Å². The molecule has 2 aromatic rings. The van der Waals surface area contributed by atoms with Crippen molar-refractivity contribution in [2.75, 3.05) is 27.2 Å². The second kappa shape index (κ2) is 8.00. The van der Waals surface area contributed by atoms with Crippen LogP contribution < -0.4 is 0 Å². The Kier molecular flexibility index (Phi) is 5.82. The van der Waals surface area contributed by atoms with Crippen molar-refractivity contribution >= 4 is 29.1 Å². The first kappa shape index (κ1) is 21.1. The summed E-state index contributed by atoms with van der Waals surface area (Å²) in [5, 5.41) is 16.0. The van der Waals surface area contributed by atoms with Crippen molar-refractivity contribution in [1.29, 1.82) is 0 Å². The Morgan fingerprint density at radius 3 is 2.52 bits per heavy atom. The molecule has 1 N–H and O–H groups in total. The largest absolute Gasteiger partial charge is 0.507 e. The van der Waals surface area contributed by atoms with Gasteiger partial charge in [0.1, 0.15) is 5.76 Å². The topological polar surface area (TPSA) is 78.7 Å². The first-order valence-corrected chi connectivity index (χ1v) is 9.70. The molecule has 154 valence electrons. The molecule has 1 amide bonds. The third-order valence-electron chi connectivity index (χ3n) is 5.24. The summed E-state index contributed by atoms with van der Waals surface area (Å²) in [6.45, 7) is 4.50. The summed E-state index contributed by atoms with van der Waals surface area (Å²) in [5.74, 6) is -1.53. The van der Waals surface area contributed by atoms with Crippen molar-refractivity contribution in [3.63, 3.8) is 0 Å². The van der Waals surface area contributed by atoms with Gasteiger partial charge >= 0.3 is 0 Å². The van der Waals surface area contributed by atoms with Gasteiger partial charge in [0.15, 0.2) is 0 Å². The van der Waals surface area contributed by atoms with Crippen LogP contribution in [0.1, 0.15) is 28.6 Å². The lowest BCUT2D eigenvalue weighted by Gasteiger charge is -2.26. The van der Waals surface area contributed by atoms with Crippen LogP contribution in [0.25, 0.3) is 5.76 Å². The van der Waals surface area contributed by atoms with Crippen LogP contribution in [0.15, 0.2) is 29.8 Å². The van der Waals surface area contributed by atoms with Crippen LogP contribution in [-0.2, 0) is 16.6 Å². The monoisotopic (exact) mass is 416 g/mol. The molecule has 1 aliphatic heterocycles. The summed E-state index contributed by atoms with van der Waals surface area (Å²) in [5.41, 5.74) is 2.52. The van der Waals surface area contributed by atoms with Crippen molar-refractivity contribution in [2.24, 2.45) is 7.05 Å².